The number of nitrogens with two attached hydrogens (primary N) is 1. The van der Waals surface area contributed by atoms with Crippen molar-refractivity contribution in [2.75, 3.05) is 19.6 Å². The van der Waals surface area contributed by atoms with Gasteiger partial charge in [0.1, 0.15) is 0 Å². The second-order valence-electron chi connectivity index (χ2n) is 4.82. The highest BCUT2D eigenvalue weighted by atomic mass is 32.2. The third kappa shape index (κ3) is 4.25. The second kappa shape index (κ2) is 5.79. The van der Waals surface area contributed by atoms with Gasteiger partial charge in [0.25, 0.3) is 0 Å². The molecular formula is C10H22N2O4S. The number of rotatable bonds is 7. The van der Waals surface area contributed by atoms with Crippen LogP contribution in [0.1, 0.15) is 27.7 Å². The molecule has 0 amide bonds. The molecular weight excluding hydrogens is 244 g/mol. The van der Waals surface area contributed by atoms with Gasteiger partial charge in [-0.15, -0.1) is 0 Å². The summed E-state index contributed by atoms with van der Waals surface area (Å²) in [5.41, 5.74) is 5.18. The maximum Gasteiger partial charge on any atom is 0.323 e. The van der Waals surface area contributed by atoms with E-state index in [1.54, 1.807) is 6.92 Å². The lowest BCUT2D eigenvalue weighted by molar-refractivity contribution is -0.136. The summed E-state index contributed by atoms with van der Waals surface area (Å²) in [6.45, 7) is 7.34. The molecule has 102 valence electrons. The van der Waals surface area contributed by atoms with Gasteiger partial charge in [0, 0.05) is 13.1 Å². The van der Waals surface area contributed by atoms with Crippen LogP contribution in [0.5, 0.6) is 0 Å². The summed E-state index contributed by atoms with van der Waals surface area (Å²) in [7, 11) is -3.82. The smallest absolute Gasteiger partial charge is 0.323 e. The number of hydrogen-bond donors (Lipinski definition) is 2. The van der Waals surface area contributed by atoms with Gasteiger partial charge in [-0.25, -0.2) is 12.7 Å². The first-order chi connectivity index (χ1) is 7.58. The first kappa shape index (κ1) is 16.3. The lowest BCUT2D eigenvalue weighted by Crippen LogP contribution is -2.46. The summed E-state index contributed by atoms with van der Waals surface area (Å²) in [5, 5.41) is 7.35. The van der Waals surface area contributed by atoms with E-state index in [1.807, 2.05) is 13.8 Å². The molecule has 0 aromatic rings. The van der Waals surface area contributed by atoms with Crippen LogP contribution in [0.2, 0.25) is 0 Å². The monoisotopic (exact) mass is 266 g/mol. The van der Waals surface area contributed by atoms with E-state index >= 15 is 0 Å². The number of carboxylic acid groups (broad SMARTS) is 1. The molecule has 0 aromatic heterocycles. The number of carbonyl (C=O) groups is 1. The maximum atomic E-state index is 12.0. The molecule has 0 aliphatic rings. The Morgan fingerprint density at radius 1 is 1.47 bits per heavy atom. The molecule has 3 N–H and O–H groups in total. The summed E-state index contributed by atoms with van der Waals surface area (Å²) >= 11 is 0. The standard InChI is InChI=1S/C10H22N2O4S/c1-5-12(7-10(3,4)6-11)17(15,16)8(2)9(13)14/h8H,5-7,11H2,1-4H3,(H,13,14). The highest BCUT2D eigenvalue weighted by molar-refractivity contribution is 7.90. The van der Waals surface area contributed by atoms with Crippen molar-refractivity contribution in [2.24, 2.45) is 11.1 Å². The fourth-order valence-electron chi connectivity index (χ4n) is 1.27. The molecule has 0 aromatic carbocycles. The molecule has 0 saturated heterocycles. The van der Waals surface area contributed by atoms with Crippen LogP contribution in [-0.4, -0.2) is 48.7 Å². The summed E-state index contributed by atoms with van der Waals surface area (Å²) in [5.74, 6) is -1.34. The zero-order valence-corrected chi connectivity index (χ0v) is 11.6. The summed E-state index contributed by atoms with van der Waals surface area (Å²) in [6, 6.07) is 0. The minimum atomic E-state index is -3.82. The lowest BCUT2D eigenvalue weighted by atomic mass is 9.94. The van der Waals surface area contributed by atoms with Crippen molar-refractivity contribution in [3.8, 4) is 0 Å². The van der Waals surface area contributed by atoms with Crippen LogP contribution in [0, 0.1) is 5.41 Å². The molecule has 1 atom stereocenters. The number of hydrogen-bond acceptors (Lipinski definition) is 4. The van der Waals surface area contributed by atoms with Gasteiger partial charge < -0.3 is 10.8 Å². The molecule has 0 saturated carbocycles. The van der Waals surface area contributed by atoms with Crippen LogP contribution in [0.15, 0.2) is 0 Å². The number of aliphatic carboxylic acids is 1. The molecule has 0 aliphatic heterocycles. The highest BCUT2D eigenvalue weighted by Crippen LogP contribution is 2.19. The molecule has 6 nitrogen and oxygen atoms in total. The Morgan fingerprint density at radius 2 is 1.94 bits per heavy atom. The quantitative estimate of drug-likeness (QED) is 0.680. The van der Waals surface area contributed by atoms with Gasteiger partial charge >= 0.3 is 5.97 Å². The summed E-state index contributed by atoms with van der Waals surface area (Å²) in [4.78, 5) is 10.8. The SMILES string of the molecule is CCN(CC(C)(C)CN)S(=O)(=O)C(C)C(=O)O. The van der Waals surface area contributed by atoms with Crippen molar-refractivity contribution < 1.29 is 18.3 Å². The topological polar surface area (TPSA) is 101 Å². The molecule has 0 spiro atoms. The van der Waals surface area contributed by atoms with Gasteiger partial charge in [-0.05, 0) is 18.9 Å². The van der Waals surface area contributed by atoms with E-state index in [-0.39, 0.29) is 18.5 Å². The lowest BCUT2D eigenvalue weighted by Gasteiger charge is -2.31. The van der Waals surface area contributed by atoms with Gasteiger partial charge in [-0.2, -0.15) is 0 Å². The van der Waals surface area contributed by atoms with Crippen LogP contribution in [-0.2, 0) is 14.8 Å². The third-order valence-electron chi connectivity index (χ3n) is 2.66. The van der Waals surface area contributed by atoms with Gasteiger partial charge in [0.15, 0.2) is 5.25 Å². The predicted octanol–water partition coefficient (Wildman–Crippen LogP) is 0.0961. The van der Waals surface area contributed by atoms with Crippen molar-refractivity contribution >= 4 is 16.0 Å². The van der Waals surface area contributed by atoms with E-state index in [1.165, 1.54) is 11.2 Å². The molecule has 7 heteroatoms. The van der Waals surface area contributed by atoms with Gasteiger partial charge in [-0.1, -0.05) is 20.8 Å². The Kier molecular flexibility index (Phi) is 5.57. The van der Waals surface area contributed by atoms with Gasteiger partial charge in [0.05, 0.1) is 0 Å². The predicted molar refractivity (Wildman–Crippen MR) is 66.1 cm³/mol. The van der Waals surface area contributed by atoms with E-state index in [2.05, 4.69) is 0 Å². The number of nitrogens with zero attached hydrogens (tertiary/aromatic N) is 1. The largest absolute Gasteiger partial charge is 0.480 e. The zero-order chi connectivity index (χ0) is 13.9. The molecule has 0 rings (SSSR count). The first-order valence-electron chi connectivity index (χ1n) is 5.50. The van der Waals surface area contributed by atoms with Gasteiger partial charge in [-0.3, -0.25) is 4.79 Å². The fraction of sp³-hybridized carbons (Fsp3) is 0.900. The number of carboxylic acids is 1. The molecule has 17 heavy (non-hydrogen) atoms. The van der Waals surface area contributed by atoms with Crippen LogP contribution in [0.25, 0.3) is 0 Å². The average Bonchev–Trinajstić information content (AvgIpc) is 2.24. The Morgan fingerprint density at radius 3 is 2.24 bits per heavy atom. The molecule has 0 bridgehead atoms. The molecule has 0 aliphatic carbocycles. The molecule has 0 fully saturated rings. The second-order valence-corrected chi connectivity index (χ2v) is 7.07. The number of sulfonamides is 1. The average molecular weight is 266 g/mol. The van der Waals surface area contributed by atoms with E-state index in [4.69, 9.17) is 10.8 Å². The Bertz CT molecular complexity index is 365. The Balaban J connectivity index is 5.08. The Hall–Kier alpha value is -0.660. The van der Waals surface area contributed by atoms with Crippen molar-refractivity contribution in [1.82, 2.24) is 4.31 Å². The van der Waals surface area contributed by atoms with E-state index < -0.39 is 21.2 Å². The third-order valence-corrected chi connectivity index (χ3v) is 4.87. The molecule has 0 radical (unpaired) electrons. The van der Waals surface area contributed by atoms with Crippen molar-refractivity contribution in [1.29, 1.82) is 0 Å². The molecule has 0 heterocycles. The van der Waals surface area contributed by atoms with E-state index in [0.29, 0.717) is 6.54 Å². The summed E-state index contributed by atoms with van der Waals surface area (Å²) in [6.07, 6.45) is 0. The van der Waals surface area contributed by atoms with Crippen molar-refractivity contribution in [3.63, 3.8) is 0 Å². The maximum absolute atomic E-state index is 12.0. The first-order valence-corrected chi connectivity index (χ1v) is 7.00. The zero-order valence-electron chi connectivity index (χ0n) is 10.8. The van der Waals surface area contributed by atoms with E-state index in [0.717, 1.165) is 0 Å². The fourth-order valence-corrected chi connectivity index (χ4v) is 2.87. The molecule has 1 unspecified atom stereocenters. The highest BCUT2D eigenvalue weighted by Gasteiger charge is 2.35. The minimum Gasteiger partial charge on any atom is -0.480 e. The van der Waals surface area contributed by atoms with Crippen LogP contribution >= 0.6 is 0 Å². The van der Waals surface area contributed by atoms with E-state index in [9.17, 15) is 13.2 Å². The van der Waals surface area contributed by atoms with Crippen LogP contribution in [0.3, 0.4) is 0 Å². The van der Waals surface area contributed by atoms with Crippen molar-refractivity contribution in [2.45, 2.75) is 32.9 Å². The van der Waals surface area contributed by atoms with Gasteiger partial charge in [0.2, 0.25) is 10.0 Å². The summed E-state index contributed by atoms with van der Waals surface area (Å²) < 4.78 is 25.2. The minimum absolute atomic E-state index is 0.222. The van der Waals surface area contributed by atoms with Crippen LogP contribution in [0.4, 0.5) is 0 Å². The Labute approximate surface area is 103 Å². The van der Waals surface area contributed by atoms with Crippen LogP contribution < -0.4 is 5.73 Å². The normalized spacial score (nSPS) is 14.9. The van der Waals surface area contributed by atoms with Crippen molar-refractivity contribution in [3.05, 3.63) is 0 Å².